The van der Waals surface area contributed by atoms with E-state index in [1.165, 1.54) is 12.3 Å². The molecule has 0 unspecified atom stereocenters. The lowest BCUT2D eigenvalue weighted by atomic mass is 10.0. The summed E-state index contributed by atoms with van der Waals surface area (Å²) in [6.07, 6.45) is 6.24. The number of nitrogens with one attached hydrogen (secondary N) is 1. The third-order valence-corrected chi connectivity index (χ3v) is 4.78. The normalized spacial score (nSPS) is 11.5. The van der Waals surface area contributed by atoms with E-state index < -0.39 is 0 Å². The van der Waals surface area contributed by atoms with Gasteiger partial charge in [-0.3, -0.25) is 14.2 Å². The number of benzene rings is 2. The van der Waals surface area contributed by atoms with Crippen LogP contribution in [0.4, 0.5) is 0 Å². The van der Waals surface area contributed by atoms with E-state index in [2.05, 4.69) is 33.6 Å². The van der Waals surface area contributed by atoms with E-state index in [1.54, 1.807) is 28.6 Å². The molecule has 7 heteroatoms. The highest BCUT2D eigenvalue weighted by Gasteiger charge is 2.11. The van der Waals surface area contributed by atoms with Crippen molar-refractivity contribution in [2.75, 3.05) is 6.54 Å². The molecular formula is C22H21N5O2. The standard InChI is InChI=1S/C22H21N5O2/c1-2-6-20(28)23-11-12-27-21-19(13-25-27)22(29)26(15-24-21)14-17-9-5-8-16-7-3-4-10-18(16)17/h2-10,13,15H,11-12,14H2,1H3,(H,23,28)/b6-2-. The first kappa shape index (κ1) is 18.6. The molecule has 0 fully saturated rings. The largest absolute Gasteiger partial charge is 0.351 e. The Bertz CT molecular complexity index is 1260. The second-order valence-corrected chi connectivity index (χ2v) is 6.71. The Morgan fingerprint density at radius 1 is 1.14 bits per heavy atom. The first-order chi connectivity index (χ1) is 14.2. The van der Waals surface area contributed by atoms with Crippen LogP contribution in [0.3, 0.4) is 0 Å². The highest BCUT2D eigenvalue weighted by Crippen LogP contribution is 2.19. The summed E-state index contributed by atoms with van der Waals surface area (Å²) in [7, 11) is 0. The summed E-state index contributed by atoms with van der Waals surface area (Å²) in [4.78, 5) is 28.9. The first-order valence-corrected chi connectivity index (χ1v) is 9.45. The monoisotopic (exact) mass is 387 g/mol. The lowest BCUT2D eigenvalue weighted by molar-refractivity contribution is -0.116. The maximum Gasteiger partial charge on any atom is 0.264 e. The molecule has 1 N–H and O–H groups in total. The molecular weight excluding hydrogens is 366 g/mol. The van der Waals surface area contributed by atoms with Crippen molar-refractivity contribution in [1.29, 1.82) is 0 Å². The maximum atomic E-state index is 12.9. The molecule has 0 aliphatic heterocycles. The van der Waals surface area contributed by atoms with Crippen molar-refractivity contribution in [2.45, 2.75) is 20.0 Å². The van der Waals surface area contributed by atoms with Crippen molar-refractivity contribution >= 4 is 27.7 Å². The van der Waals surface area contributed by atoms with Gasteiger partial charge in [0.05, 0.1) is 19.3 Å². The minimum atomic E-state index is -0.158. The number of fused-ring (bicyclic) bond motifs is 2. The molecule has 0 radical (unpaired) electrons. The Kier molecular flexibility index (Phi) is 5.20. The predicted octanol–water partition coefficient (Wildman–Crippen LogP) is 2.49. The molecule has 0 atom stereocenters. The summed E-state index contributed by atoms with van der Waals surface area (Å²) in [6, 6.07) is 14.2. The smallest absolute Gasteiger partial charge is 0.264 e. The van der Waals surface area contributed by atoms with E-state index in [4.69, 9.17) is 0 Å². The number of nitrogens with zero attached hydrogens (tertiary/aromatic N) is 4. The summed E-state index contributed by atoms with van der Waals surface area (Å²) < 4.78 is 3.23. The van der Waals surface area contributed by atoms with E-state index in [1.807, 2.05) is 24.3 Å². The molecule has 2 heterocycles. The lowest BCUT2D eigenvalue weighted by Crippen LogP contribution is -2.26. The van der Waals surface area contributed by atoms with Crippen molar-refractivity contribution in [3.63, 3.8) is 0 Å². The Labute approximate surface area is 167 Å². The SMILES string of the molecule is C/C=C\C(=O)NCCn1ncc2c(=O)n(Cc3cccc4ccccc34)cnc21. The molecule has 0 aliphatic carbocycles. The predicted molar refractivity (Wildman–Crippen MR) is 113 cm³/mol. The van der Waals surface area contributed by atoms with E-state index >= 15 is 0 Å². The molecule has 0 aliphatic rings. The molecule has 29 heavy (non-hydrogen) atoms. The van der Waals surface area contributed by atoms with Crippen molar-refractivity contribution in [1.82, 2.24) is 24.6 Å². The number of allylic oxidation sites excluding steroid dienone is 1. The minimum absolute atomic E-state index is 0.132. The van der Waals surface area contributed by atoms with Crippen LogP contribution in [-0.2, 0) is 17.9 Å². The molecule has 4 aromatic rings. The summed E-state index contributed by atoms with van der Waals surface area (Å²) >= 11 is 0. The molecule has 4 rings (SSSR count). The summed E-state index contributed by atoms with van der Waals surface area (Å²) in [5, 5.41) is 9.76. The molecule has 0 saturated carbocycles. The van der Waals surface area contributed by atoms with Crippen LogP contribution in [0.2, 0.25) is 0 Å². The number of amides is 1. The van der Waals surface area contributed by atoms with Crippen molar-refractivity contribution < 1.29 is 4.79 Å². The minimum Gasteiger partial charge on any atom is -0.351 e. The Morgan fingerprint density at radius 2 is 1.97 bits per heavy atom. The molecule has 1 amide bonds. The summed E-state index contributed by atoms with van der Waals surface area (Å²) in [5.41, 5.74) is 1.45. The van der Waals surface area contributed by atoms with Crippen LogP contribution in [0, 0.1) is 0 Å². The number of rotatable bonds is 6. The second kappa shape index (κ2) is 8.10. The molecule has 0 saturated heterocycles. The van der Waals surface area contributed by atoms with Gasteiger partial charge in [-0.15, -0.1) is 0 Å². The maximum absolute atomic E-state index is 12.9. The van der Waals surface area contributed by atoms with Crippen LogP contribution in [0.15, 0.2) is 71.9 Å². The van der Waals surface area contributed by atoms with Gasteiger partial charge in [0.2, 0.25) is 5.91 Å². The van der Waals surface area contributed by atoms with Gasteiger partial charge >= 0.3 is 0 Å². The molecule has 146 valence electrons. The fourth-order valence-electron chi connectivity index (χ4n) is 3.38. The van der Waals surface area contributed by atoms with E-state index in [0.29, 0.717) is 30.7 Å². The van der Waals surface area contributed by atoms with Gasteiger partial charge in [-0.25, -0.2) is 9.67 Å². The zero-order valence-corrected chi connectivity index (χ0v) is 16.1. The third-order valence-electron chi connectivity index (χ3n) is 4.78. The van der Waals surface area contributed by atoms with Gasteiger partial charge in [0.1, 0.15) is 11.7 Å². The van der Waals surface area contributed by atoms with Gasteiger partial charge in [0.15, 0.2) is 5.65 Å². The van der Waals surface area contributed by atoms with E-state index in [9.17, 15) is 9.59 Å². The van der Waals surface area contributed by atoms with Crippen molar-refractivity contribution in [3.8, 4) is 0 Å². The second-order valence-electron chi connectivity index (χ2n) is 6.71. The van der Waals surface area contributed by atoms with Gasteiger partial charge in [-0.1, -0.05) is 48.5 Å². The fraction of sp³-hybridized carbons (Fsp3) is 0.182. The third kappa shape index (κ3) is 3.80. The van der Waals surface area contributed by atoms with Crippen molar-refractivity contribution in [3.05, 3.63) is 83.1 Å². The Morgan fingerprint density at radius 3 is 2.83 bits per heavy atom. The van der Waals surface area contributed by atoms with Gasteiger partial charge in [-0.05, 0) is 29.3 Å². The quantitative estimate of drug-likeness (QED) is 0.516. The average molecular weight is 387 g/mol. The van der Waals surface area contributed by atoms with Crippen molar-refractivity contribution in [2.24, 2.45) is 0 Å². The first-order valence-electron chi connectivity index (χ1n) is 9.45. The lowest BCUT2D eigenvalue weighted by Gasteiger charge is -2.09. The van der Waals surface area contributed by atoms with Gasteiger partial charge in [-0.2, -0.15) is 5.10 Å². The molecule has 2 aromatic carbocycles. The molecule has 7 nitrogen and oxygen atoms in total. The zero-order chi connectivity index (χ0) is 20.2. The zero-order valence-electron chi connectivity index (χ0n) is 16.1. The average Bonchev–Trinajstić information content (AvgIpc) is 3.14. The van der Waals surface area contributed by atoms with E-state index in [0.717, 1.165) is 16.3 Å². The van der Waals surface area contributed by atoms with Gasteiger partial charge < -0.3 is 5.32 Å². The highest BCUT2D eigenvalue weighted by atomic mass is 16.1. The number of hydrogen-bond acceptors (Lipinski definition) is 4. The Balaban J connectivity index is 1.59. The molecule has 0 spiro atoms. The summed E-state index contributed by atoms with van der Waals surface area (Å²) in [6.45, 7) is 3.06. The number of aromatic nitrogens is 4. The molecule has 0 bridgehead atoms. The van der Waals surface area contributed by atoms with Crippen LogP contribution < -0.4 is 10.9 Å². The highest BCUT2D eigenvalue weighted by molar-refractivity contribution is 5.87. The number of carbonyl (C=O) groups is 1. The number of carbonyl (C=O) groups excluding carboxylic acids is 1. The van der Waals surface area contributed by atoms with Crippen LogP contribution in [0.1, 0.15) is 12.5 Å². The van der Waals surface area contributed by atoms with E-state index in [-0.39, 0.29) is 11.5 Å². The number of hydrogen-bond donors (Lipinski definition) is 1. The van der Waals surface area contributed by atoms with Crippen LogP contribution in [0.25, 0.3) is 21.8 Å². The van der Waals surface area contributed by atoms with Gasteiger partial charge in [0.25, 0.3) is 5.56 Å². The van der Waals surface area contributed by atoms with Crippen LogP contribution >= 0.6 is 0 Å². The topological polar surface area (TPSA) is 81.8 Å². The van der Waals surface area contributed by atoms with Crippen LogP contribution in [0.5, 0.6) is 0 Å². The summed E-state index contributed by atoms with van der Waals surface area (Å²) in [5.74, 6) is -0.158. The fourth-order valence-corrected chi connectivity index (χ4v) is 3.38. The van der Waals surface area contributed by atoms with Crippen LogP contribution in [-0.4, -0.2) is 31.8 Å². The molecule has 2 aromatic heterocycles. The Hall–Kier alpha value is -3.74. The van der Waals surface area contributed by atoms with Gasteiger partial charge in [0, 0.05) is 6.54 Å².